The number of carbonyl (C=O) groups excluding carboxylic acids is 4. The zero-order valence-electron chi connectivity index (χ0n) is 29.2. The Bertz CT molecular complexity index is 1560. The van der Waals surface area contributed by atoms with E-state index < -0.39 is 23.7 Å². The van der Waals surface area contributed by atoms with Crippen molar-refractivity contribution in [1.82, 2.24) is 24.6 Å². The van der Waals surface area contributed by atoms with Gasteiger partial charge < -0.3 is 34.1 Å². The molecule has 0 bridgehead atoms. The Morgan fingerprint density at radius 2 is 1.62 bits per heavy atom. The van der Waals surface area contributed by atoms with Crippen LogP contribution in [0.2, 0.25) is 0 Å². The molecule has 258 valence electrons. The number of para-hydroxylation sites is 1. The Hall–Kier alpha value is -4.80. The van der Waals surface area contributed by atoms with E-state index in [0.29, 0.717) is 5.56 Å². The van der Waals surface area contributed by atoms with E-state index in [4.69, 9.17) is 9.47 Å². The second-order valence-corrected chi connectivity index (χ2v) is 13.2. The van der Waals surface area contributed by atoms with Crippen molar-refractivity contribution in [2.45, 2.75) is 72.6 Å². The minimum Gasteiger partial charge on any atom is -0.466 e. The van der Waals surface area contributed by atoms with E-state index in [1.54, 1.807) is 21.6 Å². The first-order chi connectivity index (χ1) is 22.8. The van der Waals surface area contributed by atoms with Crippen LogP contribution in [0.3, 0.4) is 0 Å². The van der Waals surface area contributed by atoms with Crippen LogP contribution in [0.4, 0.5) is 9.59 Å². The predicted molar refractivity (Wildman–Crippen MR) is 185 cm³/mol. The predicted octanol–water partition coefficient (Wildman–Crippen LogP) is 5.89. The van der Waals surface area contributed by atoms with Crippen molar-refractivity contribution in [3.8, 4) is 16.9 Å². The molecular formula is C37H49N5O6. The molecule has 0 saturated carbocycles. The zero-order chi connectivity index (χ0) is 35.0. The van der Waals surface area contributed by atoms with Crippen LogP contribution in [0.15, 0.2) is 66.7 Å². The van der Waals surface area contributed by atoms with Crippen LogP contribution in [-0.2, 0) is 14.3 Å². The molecule has 4 amide bonds. The molecule has 11 heteroatoms. The third-order valence-corrected chi connectivity index (χ3v) is 8.07. The molecule has 0 unspecified atom stereocenters. The van der Waals surface area contributed by atoms with Crippen LogP contribution in [0, 0.1) is 6.92 Å². The lowest BCUT2D eigenvalue weighted by Crippen LogP contribution is -2.61. The number of urea groups is 1. The summed E-state index contributed by atoms with van der Waals surface area (Å²) in [6.45, 7) is 14.2. The van der Waals surface area contributed by atoms with Crippen LogP contribution >= 0.6 is 0 Å². The number of benzene rings is 2. The molecule has 1 aliphatic heterocycles. The Balaban J connectivity index is 1.70. The topological polar surface area (TPSA) is 113 Å². The molecule has 1 atom stereocenters. The summed E-state index contributed by atoms with van der Waals surface area (Å²) in [5.74, 6) is -0.579. The summed E-state index contributed by atoms with van der Waals surface area (Å²) in [6, 6.07) is 20.5. The molecule has 2 heterocycles. The lowest BCUT2D eigenvalue weighted by atomic mass is 10.0. The molecule has 1 fully saturated rings. The number of hydrogen-bond acceptors (Lipinski definition) is 6. The smallest absolute Gasteiger partial charge is 0.410 e. The standard InChI is InChI=1S/C37H49N5O6/c1-8-47-32(43)19-20-38-35(45)41(26(2)3)25-30-24-39(36(46)48-37(5,6)7)21-22-40(30)34(44)31-23-27(4)42(29-17-13-10-14-18-29)33(31)28-15-11-9-12-16-28/h9-18,23,26,30H,8,19-22,24-25H2,1-7H3,(H,38,45)/t30-/m0/s1. The van der Waals surface area contributed by atoms with Crippen molar-refractivity contribution in [1.29, 1.82) is 0 Å². The highest BCUT2D eigenvalue weighted by Crippen LogP contribution is 2.33. The van der Waals surface area contributed by atoms with E-state index in [-0.39, 0.29) is 63.7 Å². The van der Waals surface area contributed by atoms with Gasteiger partial charge in [0.05, 0.1) is 30.3 Å². The van der Waals surface area contributed by atoms with Crippen LogP contribution in [0.1, 0.15) is 64.0 Å². The molecule has 1 aliphatic rings. The number of rotatable bonds is 10. The fourth-order valence-corrected chi connectivity index (χ4v) is 5.88. The number of carbonyl (C=O) groups is 4. The third-order valence-electron chi connectivity index (χ3n) is 8.07. The van der Waals surface area contributed by atoms with Gasteiger partial charge in [0.15, 0.2) is 0 Å². The van der Waals surface area contributed by atoms with Crippen molar-refractivity contribution < 1.29 is 28.7 Å². The first-order valence-electron chi connectivity index (χ1n) is 16.6. The quantitative estimate of drug-likeness (QED) is 0.272. The molecule has 3 aromatic rings. The van der Waals surface area contributed by atoms with Gasteiger partial charge in [-0.3, -0.25) is 9.59 Å². The number of aryl methyl sites for hydroxylation is 1. The maximum absolute atomic E-state index is 14.7. The van der Waals surface area contributed by atoms with Gasteiger partial charge in [-0.15, -0.1) is 0 Å². The molecule has 1 aromatic heterocycles. The van der Waals surface area contributed by atoms with Crippen LogP contribution in [0.5, 0.6) is 0 Å². The number of nitrogens with one attached hydrogen (secondary N) is 1. The lowest BCUT2D eigenvalue weighted by molar-refractivity contribution is -0.142. The van der Waals surface area contributed by atoms with E-state index in [0.717, 1.165) is 22.6 Å². The first-order valence-corrected chi connectivity index (χ1v) is 16.6. The summed E-state index contributed by atoms with van der Waals surface area (Å²) < 4.78 is 12.8. The Kier molecular flexibility index (Phi) is 11.9. The number of esters is 1. The van der Waals surface area contributed by atoms with Crippen molar-refractivity contribution in [2.75, 3.05) is 39.3 Å². The monoisotopic (exact) mass is 659 g/mol. The molecule has 1 N–H and O–H groups in total. The van der Waals surface area contributed by atoms with Gasteiger partial charge >= 0.3 is 18.1 Å². The minimum absolute atomic E-state index is 0.0476. The summed E-state index contributed by atoms with van der Waals surface area (Å²) in [7, 11) is 0. The number of ether oxygens (including phenoxy) is 2. The van der Waals surface area contributed by atoms with Gasteiger partial charge in [0.1, 0.15) is 5.60 Å². The molecule has 11 nitrogen and oxygen atoms in total. The number of nitrogens with zero attached hydrogens (tertiary/aromatic N) is 4. The average molecular weight is 660 g/mol. The van der Waals surface area contributed by atoms with E-state index >= 15 is 0 Å². The molecular weight excluding hydrogens is 610 g/mol. The molecule has 0 aliphatic carbocycles. The summed E-state index contributed by atoms with van der Waals surface area (Å²) >= 11 is 0. The second-order valence-electron chi connectivity index (χ2n) is 13.2. The number of hydrogen-bond donors (Lipinski definition) is 1. The molecule has 0 radical (unpaired) electrons. The van der Waals surface area contributed by atoms with Gasteiger partial charge in [-0.2, -0.15) is 0 Å². The SMILES string of the molecule is CCOC(=O)CCNC(=O)N(C[C@@H]1CN(C(=O)OC(C)(C)C)CCN1C(=O)c1cc(C)n(-c2ccccc2)c1-c1ccccc1)C(C)C. The van der Waals surface area contributed by atoms with E-state index in [2.05, 4.69) is 9.88 Å². The molecule has 4 rings (SSSR count). The third kappa shape index (κ3) is 8.96. The summed E-state index contributed by atoms with van der Waals surface area (Å²) in [5, 5.41) is 2.82. The van der Waals surface area contributed by atoms with Crippen molar-refractivity contribution >= 4 is 24.0 Å². The maximum Gasteiger partial charge on any atom is 0.410 e. The fraction of sp³-hybridized carbons (Fsp3) is 0.459. The normalized spacial score (nSPS) is 14.9. The molecule has 0 spiro atoms. The molecule has 1 saturated heterocycles. The maximum atomic E-state index is 14.7. The minimum atomic E-state index is -0.690. The summed E-state index contributed by atoms with van der Waals surface area (Å²) in [6.07, 6.45) is -0.419. The van der Waals surface area contributed by atoms with Gasteiger partial charge in [0.25, 0.3) is 5.91 Å². The van der Waals surface area contributed by atoms with Gasteiger partial charge in [-0.05, 0) is 72.2 Å². The molecule has 2 aromatic carbocycles. The van der Waals surface area contributed by atoms with Gasteiger partial charge in [-0.1, -0.05) is 48.5 Å². The van der Waals surface area contributed by atoms with Crippen LogP contribution in [-0.4, -0.2) is 100 Å². The summed E-state index contributed by atoms with van der Waals surface area (Å²) in [4.78, 5) is 58.3. The number of amides is 4. The average Bonchev–Trinajstić information content (AvgIpc) is 3.40. The fourth-order valence-electron chi connectivity index (χ4n) is 5.88. The van der Waals surface area contributed by atoms with Gasteiger partial charge in [0, 0.05) is 50.1 Å². The highest BCUT2D eigenvalue weighted by Gasteiger charge is 2.38. The van der Waals surface area contributed by atoms with E-state index in [1.165, 1.54) is 0 Å². The van der Waals surface area contributed by atoms with Crippen LogP contribution in [0.25, 0.3) is 16.9 Å². The summed E-state index contributed by atoms with van der Waals surface area (Å²) in [5.41, 5.74) is 3.35. The Morgan fingerprint density at radius 3 is 2.23 bits per heavy atom. The number of piperazine rings is 1. The Labute approximate surface area is 283 Å². The van der Waals surface area contributed by atoms with E-state index in [1.807, 2.05) is 108 Å². The van der Waals surface area contributed by atoms with Gasteiger partial charge in [-0.25, -0.2) is 9.59 Å². The second kappa shape index (κ2) is 15.9. The zero-order valence-corrected chi connectivity index (χ0v) is 29.2. The van der Waals surface area contributed by atoms with Gasteiger partial charge in [0.2, 0.25) is 0 Å². The lowest BCUT2D eigenvalue weighted by Gasteiger charge is -2.44. The Morgan fingerprint density at radius 1 is 0.979 bits per heavy atom. The number of aromatic nitrogens is 1. The highest BCUT2D eigenvalue weighted by atomic mass is 16.6. The van der Waals surface area contributed by atoms with Crippen LogP contribution < -0.4 is 5.32 Å². The van der Waals surface area contributed by atoms with Crippen molar-refractivity contribution in [3.63, 3.8) is 0 Å². The highest BCUT2D eigenvalue weighted by molar-refractivity contribution is 6.01. The molecule has 48 heavy (non-hydrogen) atoms. The van der Waals surface area contributed by atoms with Crippen molar-refractivity contribution in [2.24, 2.45) is 0 Å². The van der Waals surface area contributed by atoms with Crippen molar-refractivity contribution in [3.05, 3.63) is 78.0 Å². The van der Waals surface area contributed by atoms with E-state index in [9.17, 15) is 19.2 Å². The first kappa shape index (κ1) is 36.0. The largest absolute Gasteiger partial charge is 0.466 e.